The second kappa shape index (κ2) is 74.5. The first-order valence-electron chi connectivity index (χ1n) is 38.7. The number of allylic oxidation sites excluding steroid dienone is 6. The molecule has 0 rings (SSSR count). The molecule has 0 saturated heterocycles. The number of nitrogens with one attached hydrogen (secondary N) is 1. The summed E-state index contributed by atoms with van der Waals surface area (Å²) in [6, 6.07) is -0.542. The molecule has 6 nitrogen and oxygen atoms in total. The molecule has 85 heavy (non-hydrogen) atoms. The molecule has 0 heterocycles. The van der Waals surface area contributed by atoms with Crippen molar-refractivity contribution in [3.63, 3.8) is 0 Å². The van der Waals surface area contributed by atoms with Crippen LogP contribution < -0.4 is 5.32 Å². The molecular weight excluding hydrogens is 1040 g/mol. The number of aliphatic hydroxyl groups excluding tert-OH is 2. The molecule has 502 valence electrons. The van der Waals surface area contributed by atoms with Crippen molar-refractivity contribution in [1.29, 1.82) is 0 Å². The van der Waals surface area contributed by atoms with Gasteiger partial charge in [-0.15, -0.1) is 0 Å². The van der Waals surface area contributed by atoms with Crippen molar-refractivity contribution in [2.24, 2.45) is 0 Å². The molecule has 0 bridgehead atoms. The smallest absolute Gasteiger partial charge is 0.305 e. The summed E-state index contributed by atoms with van der Waals surface area (Å²) in [7, 11) is 0. The molecule has 0 aromatic carbocycles. The minimum absolute atomic E-state index is 0.00434. The summed E-state index contributed by atoms with van der Waals surface area (Å²) in [6.07, 6.45) is 96.5. The van der Waals surface area contributed by atoms with E-state index in [2.05, 4.69) is 55.6 Å². The Morgan fingerprint density at radius 2 is 0.588 bits per heavy atom. The summed E-state index contributed by atoms with van der Waals surface area (Å²) in [5.74, 6) is -0.0243. The molecule has 0 fully saturated rings. The van der Waals surface area contributed by atoms with Gasteiger partial charge in [-0.3, -0.25) is 9.59 Å². The van der Waals surface area contributed by atoms with Crippen LogP contribution in [0.3, 0.4) is 0 Å². The lowest BCUT2D eigenvalue weighted by Crippen LogP contribution is -2.45. The van der Waals surface area contributed by atoms with E-state index in [0.717, 1.165) is 51.4 Å². The third-order valence-corrected chi connectivity index (χ3v) is 18.2. The number of hydrogen-bond donors (Lipinski definition) is 3. The van der Waals surface area contributed by atoms with Gasteiger partial charge in [-0.2, -0.15) is 0 Å². The van der Waals surface area contributed by atoms with E-state index in [0.29, 0.717) is 25.9 Å². The van der Waals surface area contributed by atoms with Gasteiger partial charge in [0, 0.05) is 12.8 Å². The Morgan fingerprint density at radius 3 is 0.918 bits per heavy atom. The molecule has 0 spiro atoms. The lowest BCUT2D eigenvalue weighted by Gasteiger charge is -2.22. The van der Waals surface area contributed by atoms with Crippen molar-refractivity contribution in [2.45, 2.75) is 443 Å². The van der Waals surface area contributed by atoms with E-state index in [-0.39, 0.29) is 18.5 Å². The number of carbonyl (C=O) groups excluding carboxylic acids is 2. The van der Waals surface area contributed by atoms with Crippen molar-refractivity contribution in [3.05, 3.63) is 36.5 Å². The zero-order valence-corrected chi connectivity index (χ0v) is 57.6. The van der Waals surface area contributed by atoms with E-state index in [1.807, 2.05) is 0 Å². The second-order valence-electron chi connectivity index (χ2n) is 26.7. The van der Waals surface area contributed by atoms with Crippen LogP contribution in [0.25, 0.3) is 0 Å². The van der Waals surface area contributed by atoms with Gasteiger partial charge in [0.2, 0.25) is 5.91 Å². The number of ether oxygens (including phenoxy) is 1. The SMILES string of the molecule is CCCCCC/C=C\C/C=C\CCCCCCCC(=O)OCCCCCCCCCCCCCC/C=C\CCCCCCCCCCCCCCCCC(=O)NC(CO)C(O)CCCCCCCCCCCCCCCCCCCCCCCC. The van der Waals surface area contributed by atoms with Gasteiger partial charge in [0.25, 0.3) is 0 Å². The minimum Gasteiger partial charge on any atom is -0.466 e. The standard InChI is InChI=1S/C79H151NO5/c1-3-5-7-9-11-13-15-17-19-21-22-23-34-37-40-43-47-51-55-59-63-67-71-77(82)76(75-81)80-78(83)72-68-64-60-56-52-48-44-41-38-35-32-30-28-26-24-25-27-29-31-33-36-39-42-46-50-54-58-62-66-70-74-85-79(84)73-69-65-61-57-53-49-45-20-18-16-14-12-10-8-6-4-2/h14,16,20,25,27,45,76-77,81-82H,3-13,15,17-19,21-24,26,28-44,46-75H2,1-2H3,(H,80,83)/b16-14-,27-25-,45-20-. The number of rotatable bonds is 73. The molecular formula is C79H151NO5. The van der Waals surface area contributed by atoms with Gasteiger partial charge >= 0.3 is 5.97 Å². The summed E-state index contributed by atoms with van der Waals surface area (Å²) < 4.78 is 5.49. The van der Waals surface area contributed by atoms with E-state index in [1.54, 1.807) is 0 Å². The lowest BCUT2D eigenvalue weighted by atomic mass is 10.0. The third kappa shape index (κ3) is 71.0. The number of aliphatic hydroxyl groups is 2. The molecule has 3 N–H and O–H groups in total. The highest BCUT2D eigenvalue weighted by Gasteiger charge is 2.20. The van der Waals surface area contributed by atoms with E-state index < -0.39 is 12.1 Å². The van der Waals surface area contributed by atoms with Crippen molar-refractivity contribution < 1.29 is 24.5 Å². The Labute approximate surface area is 532 Å². The predicted octanol–water partition coefficient (Wildman–Crippen LogP) is 25.4. The maximum absolute atomic E-state index is 12.6. The highest BCUT2D eigenvalue weighted by Crippen LogP contribution is 2.19. The second-order valence-corrected chi connectivity index (χ2v) is 26.7. The van der Waals surface area contributed by atoms with Crippen molar-refractivity contribution in [3.8, 4) is 0 Å². The van der Waals surface area contributed by atoms with Crippen LogP contribution in [0.15, 0.2) is 36.5 Å². The predicted molar refractivity (Wildman–Crippen MR) is 375 cm³/mol. The normalized spacial score (nSPS) is 12.7. The number of unbranched alkanes of at least 4 members (excludes halogenated alkanes) is 56. The average Bonchev–Trinajstić information content (AvgIpc) is 3.51. The fourth-order valence-corrected chi connectivity index (χ4v) is 12.3. The fraction of sp³-hybridized carbons (Fsp3) is 0.899. The molecule has 0 aliphatic heterocycles. The van der Waals surface area contributed by atoms with Crippen LogP contribution in [0, 0.1) is 0 Å². The van der Waals surface area contributed by atoms with Crippen LogP contribution in [0.4, 0.5) is 0 Å². The maximum atomic E-state index is 12.6. The molecule has 0 aliphatic rings. The summed E-state index contributed by atoms with van der Waals surface area (Å²) in [6.45, 7) is 4.97. The maximum Gasteiger partial charge on any atom is 0.305 e. The van der Waals surface area contributed by atoms with E-state index >= 15 is 0 Å². The monoisotopic (exact) mass is 1190 g/mol. The van der Waals surface area contributed by atoms with Crippen LogP contribution in [0.2, 0.25) is 0 Å². The molecule has 0 aliphatic carbocycles. The van der Waals surface area contributed by atoms with Gasteiger partial charge in [0.1, 0.15) is 0 Å². The van der Waals surface area contributed by atoms with Crippen LogP contribution in [-0.2, 0) is 14.3 Å². The summed E-state index contributed by atoms with van der Waals surface area (Å²) >= 11 is 0. The van der Waals surface area contributed by atoms with E-state index in [1.165, 1.54) is 347 Å². The van der Waals surface area contributed by atoms with E-state index in [9.17, 15) is 19.8 Å². The molecule has 0 saturated carbocycles. The molecule has 1 amide bonds. The van der Waals surface area contributed by atoms with Crippen molar-refractivity contribution in [2.75, 3.05) is 13.2 Å². The Balaban J connectivity index is 3.37. The quantitative estimate of drug-likeness (QED) is 0.0320. The lowest BCUT2D eigenvalue weighted by molar-refractivity contribution is -0.143. The molecule has 6 heteroatoms. The first kappa shape index (κ1) is 83.1. The Kier molecular flexibility index (Phi) is 72.9. The summed E-state index contributed by atoms with van der Waals surface area (Å²) in [5, 5.41) is 23.5. The average molecular weight is 1200 g/mol. The van der Waals surface area contributed by atoms with Crippen LogP contribution in [-0.4, -0.2) is 47.4 Å². The van der Waals surface area contributed by atoms with Gasteiger partial charge in [-0.1, -0.05) is 371 Å². The summed E-state index contributed by atoms with van der Waals surface area (Å²) in [5.41, 5.74) is 0. The zero-order chi connectivity index (χ0) is 61.3. The minimum atomic E-state index is -0.665. The molecule has 0 aromatic heterocycles. The number of esters is 1. The van der Waals surface area contributed by atoms with E-state index in [4.69, 9.17) is 4.74 Å². The molecule has 2 atom stereocenters. The third-order valence-electron chi connectivity index (χ3n) is 18.2. The van der Waals surface area contributed by atoms with Gasteiger partial charge in [-0.25, -0.2) is 0 Å². The fourth-order valence-electron chi connectivity index (χ4n) is 12.3. The van der Waals surface area contributed by atoms with Crippen molar-refractivity contribution in [1.82, 2.24) is 5.32 Å². The first-order chi connectivity index (χ1) is 42.0. The highest BCUT2D eigenvalue weighted by molar-refractivity contribution is 5.76. The molecule has 0 aromatic rings. The van der Waals surface area contributed by atoms with Crippen LogP contribution >= 0.6 is 0 Å². The van der Waals surface area contributed by atoms with Gasteiger partial charge < -0.3 is 20.3 Å². The largest absolute Gasteiger partial charge is 0.466 e. The Morgan fingerprint density at radius 1 is 0.329 bits per heavy atom. The van der Waals surface area contributed by atoms with Crippen LogP contribution in [0.1, 0.15) is 431 Å². The summed E-state index contributed by atoms with van der Waals surface area (Å²) in [4.78, 5) is 24.7. The van der Waals surface area contributed by atoms with Crippen LogP contribution in [0.5, 0.6) is 0 Å². The Hall–Kier alpha value is -1.92. The van der Waals surface area contributed by atoms with Gasteiger partial charge in [0.05, 0.1) is 25.4 Å². The highest BCUT2D eigenvalue weighted by atomic mass is 16.5. The first-order valence-corrected chi connectivity index (χ1v) is 38.7. The number of hydrogen-bond acceptors (Lipinski definition) is 5. The van der Waals surface area contributed by atoms with Crippen molar-refractivity contribution >= 4 is 11.9 Å². The molecule has 2 unspecified atom stereocenters. The number of carbonyl (C=O) groups is 2. The topological polar surface area (TPSA) is 95.9 Å². The molecule has 0 radical (unpaired) electrons. The van der Waals surface area contributed by atoms with Gasteiger partial charge in [0.15, 0.2) is 0 Å². The van der Waals surface area contributed by atoms with Gasteiger partial charge in [-0.05, 0) is 83.5 Å². The zero-order valence-electron chi connectivity index (χ0n) is 57.6. The Bertz CT molecular complexity index is 1380. The number of amides is 1.